The first-order valence-electron chi connectivity index (χ1n) is 5.24. The molecule has 5 nitrogen and oxygen atoms in total. The van der Waals surface area contributed by atoms with E-state index in [1.54, 1.807) is 0 Å². The van der Waals surface area contributed by atoms with Gasteiger partial charge in [0.25, 0.3) is 0 Å². The van der Waals surface area contributed by atoms with Gasteiger partial charge < -0.3 is 9.80 Å². The highest BCUT2D eigenvalue weighted by Crippen LogP contribution is 2.07. The predicted molar refractivity (Wildman–Crippen MR) is 63.6 cm³/mol. The lowest BCUT2D eigenvalue weighted by Gasteiger charge is -2.19. The molecule has 0 spiro atoms. The van der Waals surface area contributed by atoms with E-state index in [2.05, 4.69) is 26.8 Å². The van der Waals surface area contributed by atoms with Crippen molar-refractivity contribution in [3.05, 3.63) is 25.1 Å². The van der Waals surface area contributed by atoms with Crippen molar-refractivity contribution in [3.63, 3.8) is 0 Å². The van der Waals surface area contributed by atoms with Gasteiger partial charge in [0.1, 0.15) is 0 Å². The van der Waals surface area contributed by atoms with Crippen molar-refractivity contribution in [2.45, 2.75) is 12.8 Å². The van der Waals surface area contributed by atoms with E-state index in [4.69, 9.17) is 4.55 Å². The monoisotopic (exact) mass is 246 g/mol. The van der Waals surface area contributed by atoms with E-state index in [-0.39, 0.29) is 0 Å². The van der Waals surface area contributed by atoms with Crippen molar-refractivity contribution in [1.82, 2.24) is 9.80 Å². The summed E-state index contributed by atoms with van der Waals surface area (Å²) in [5, 5.41) is 0. The number of nitrogens with zero attached hydrogens (tertiary/aromatic N) is 2. The lowest BCUT2D eigenvalue weighted by atomic mass is 10.3. The Kier molecular flexibility index (Phi) is 6.14. The van der Waals surface area contributed by atoms with Crippen molar-refractivity contribution >= 4 is 11.4 Å². The third-order valence-corrected chi connectivity index (χ3v) is 2.61. The average Bonchev–Trinajstić information content (AvgIpc) is 2.65. The van der Waals surface area contributed by atoms with Crippen LogP contribution in [0, 0.1) is 0 Å². The summed E-state index contributed by atoms with van der Waals surface area (Å²) in [4.78, 5) is 4.35. The molecule has 0 fully saturated rings. The molecule has 0 aromatic heterocycles. The minimum atomic E-state index is -2.13. The quantitative estimate of drug-likeness (QED) is 0.395. The second kappa shape index (κ2) is 7.43. The van der Waals surface area contributed by atoms with Gasteiger partial charge in [0, 0.05) is 25.5 Å². The number of unbranched alkanes of at least 4 members (excludes halogenated alkanes) is 1. The molecule has 1 atom stereocenters. The van der Waals surface area contributed by atoms with Crippen molar-refractivity contribution in [3.8, 4) is 0 Å². The van der Waals surface area contributed by atoms with Crippen LogP contribution in [0.1, 0.15) is 12.8 Å². The Morgan fingerprint density at radius 2 is 2.19 bits per heavy atom. The summed E-state index contributed by atoms with van der Waals surface area (Å²) in [6, 6.07) is 0. The molecule has 1 heterocycles. The Bertz CT molecular complexity index is 271. The Balaban J connectivity index is 2.01. The average molecular weight is 246 g/mol. The van der Waals surface area contributed by atoms with Crippen LogP contribution in [0.4, 0.5) is 0 Å². The van der Waals surface area contributed by atoms with Gasteiger partial charge in [-0.3, -0.25) is 8.74 Å². The van der Waals surface area contributed by atoms with Gasteiger partial charge in [-0.25, -0.2) is 0 Å². The van der Waals surface area contributed by atoms with Gasteiger partial charge >= 0.3 is 11.4 Å². The predicted octanol–water partition coefficient (Wildman–Crippen LogP) is 1.15. The van der Waals surface area contributed by atoms with Crippen molar-refractivity contribution in [2.75, 3.05) is 26.4 Å². The molecule has 0 bridgehead atoms. The second-order valence-corrected chi connectivity index (χ2v) is 4.23. The lowest BCUT2D eigenvalue weighted by Crippen LogP contribution is -2.26. The first-order chi connectivity index (χ1) is 7.72. The molecular weight excluding hydrogens is 228 g/mol. The molecule has 1 N–H and O–H groups in total. The fraction of sp³-hybridized carbons (Fsp3) is 0.600. The highest BCUT2D eigenvalue weighted by molar-refractivity contribution is 7.74. The summed E-state index contributed by atoms with van der Waals surface area (Å²) >= 11 is -2.13. The first kappa shape index (κ1) is 13.2. The Morgan fingerprint density at radius 1 is 1.44 bits per heavy atom. The summed E-state index contributed by atoms with van der Waals surface area (Å²) in [6.07, 6.45) is 7.70. The maximum Gasteiger partial charge on any atom is 0.301 e. The fourth-order valence-electron chi connectivity index (χ4n) is 1.49. The SMILES string of the molecule is C=CCN1C=CN(CCCCOS(=O)O)C1. The summed E-state index contributed by atoms with van der Waals surface area (Å²) in [7, 11) is 0. The molecule has 16 heavy (non-hydrogen) atoms. The minimum Gasteiger partial charge on any atom is -0.359 e. The van der Waals surface area contributed by atoms with Crippen LogP contribution in [0.2, 0.25) is 0 Å². The van der Waals surface area contributed by atoms with Crippen molar-refractivity contribution in [2.24, 2.45) is 0 Å². The van der Waals surface area contributed by atoms with Crippen LogP contribution in [0.15, 0.2) is 25.1 Å². The van der Waals surface area contributed by atoms with E-state index in [1.807, 2.05) is 12.3 Å². The highest BCUT2D eigenvalue weighted by Gasteiger charge is 2.09. The zero-order chi connectivity index (χ0) is 11.8. The van der Waals surface area contributed by atoms with Gasteiger partial charge in [-0.1, -0.05) is 6.08 Å². The number of hydrogen-bond donors (Lipinski definition) is 1. The first-order valence-corrected chi connectivity index (χ1v) is 6.27. The van der Waals surface area contributed by atoms with Gasteiger partial charge in [-0.15, -0.1) is 6.58 Å². The Labute approximate surface area is 98.9 Å². The van der Waals surface area contributed by atoms with Crippen LogP contribution in [0.3, 0.4) is 0 Å². The molecule has 0 aromatic rings. The topological polar surface area (TPSA) is 53.0 Å². The van der Waals surface area contributed by atoms with E-state index in [0.29, 0.717) is 6.61 Å². The van der Waals surface area contributed by atoms with Crippen LogP contribution in [-0.4, -0.2) is 44.9 Å². The van der Waals surface area contributed by atoms with Crippen LogP contribution in [-0.2, 0) is 15.5 Å². The normalized spacial score (nSPS) is 16.8. The maximum absolute atomic E-state index is 10.2. The molecule has 0 saturated heterocycles. The van der Waals surface area contributed by atoms with Crippen molar-refractivity contribution < 1.29 is 12.9 Å². The molecular formula is C10H18N2O3S. The molecule has 0 aliphatic carbocycles. The molecule has 0 radical (unpaired) electrons. The van der Waals surface area contributed by atoms with E-state index in [1.165, 1.54) is 0 Å². The van der Waals surface area contributed by atoms with Gasteiger partial charge in [-0.05, 0) is 12.8 Å². The summed E-state index contributed by atoms with van der Waals surface area (Å²) in [6.45, 7) is 6.70. The van der Waals surface area contributed by atoms with Crippen molar-refractivity contribution in [1.29, 1.82) is 0 Å². The van der Waals surface area contributed by atoms with Gasteiger partial charge in [-0.2, -0.15) is 4.21 Å². The number of rotatable bonds is 8. The smallest absolute Gasteiger partial charge is 0.301 e. The third kappa shape index (κ3) is 5.29. The van der Waals surface area contributed by atoms with E-state index >= 15 is 0 Å². The molecule has 0 saturated carbocycles. The Morgan fingerprint density at radius 3 is 2.88 bits per heavy atom. The lowest BCUT2D eigenvalue weighted by molar-refractivity contribution is 0.259. The molecule has 0 amide bonds. The van der Waals surface area contributed by atoms with Gasteiger partial charge in [0.15, 0.2) is 0 Å². The Hall–Kier alpha value is -0.850. The summed E-state index contributed by atoms with van der Waals surface area (Å²) in [5.74, 6) is 0. The van der Waals surface area contributed by atoms with Crippen LogP contribution < -0.4 is 0 Å². The molecule has 1 rings (SSSR count). The fourth-order valence-corrected chi connectivity index (χ4v) is 1.75. The molecule has 92 valence electrons. The summed E-state index contributed by atoms with van der Waals surface area (Å²) in [5.41, 5.74) is 0. The third-order valence-electron chi connectivity index (χ3n) is 2.24. The second-order valence-electron chi connectivity index (χ2n) is 3.56. The van der Waals surface area contributed by atoms with E-state index in [0.717, 1.165) is 32.6 Å². The number of hydrogen-bond acceptors (Lipinski definition) is 4. The van der Waals surface area contributed by atoms with Crippen LogP contribution in [0.25, 0.3) is 0 Å². The van der Waals surface area contributed by atoms with Gasteiger partial charge in [0.05, 0.1) is 13.3 Å². The van der Waals surface area contributed by atoms with Crippen LogP contribution in [0.5, 0.6) is 0 Å². The standard InChI is InChI=1S/C10H18N2O3S/c1-2-5-11-7-8-12(10-11)6-3-4-9-15-16(13)14/h2,7-8H,1,3-6,9-10H2,(H,13,14). The molecule has 1 unspecified atom stereocenters. The maximum atomic E-state index is 10.2. The van der Waals surface area contributed by atoms with E-state index in [9.17, 15) is 4.21 Å². The summed E-state index contributed by atoms with van der Waals surface area (Å²) < 4.78 is 23.1. The molecule has 1 aliphatic rings. The van der Waals surface area contributed by atoms with Crippen LogP contribution >= 0.6 is 0 Å². The largest absolute Gasteiger partial charge is 0.359 e. The zero-order valence-electron chi connectivity index (χ0n) is 9.25. The zero-order valence-corrected chi connectivity index (χ0v) is 10.1. The molecule has 6 heteroatoms. The van der Waals surface area contributed by atoms with Gasteiger partial charge in [0.2, 0.25) is 0 Å². The highest BCUT2D eigenvalue weighted by atomic mass is 32.2. The molecule has 0 aromatic carbocycles. The minimum absolute atomic E-state index is 0.330. The van der Waals surface area contributed by atoms with E-state index < -0.39 is 11.4 Å². The molecule has 1 aliphatic heterocycles.